The molecule has 0 saturated carbocycles. The predicted octanol–water partition coefficient (Wildman–Crippen LogP) is 1.39. The van der Waals surface area contributed by atoms with Crippen LogP contribution in [0.1, 0.15) is 18.2 Å². The van der Waals surface area contributed by atoms with Crippen molar-refractivity contribution >= 4 is 0 Å². The van der Waals surface area contributed by atoms with Gasteiger partial charge in [-0.3, -0.25) is 0 Å². The Hall–Kier alpha value is -2.26. The molecular formula is C12H12FN5. The number of nitrogens with one attached hydrogen (secondary N) is 1. The normalized spacial score (nSPS) is 10.3. The number of hydrogen-bond donors (Lipinski definition) is 1. The Morgan fingerprint density at radius 1 is 1.50 bits per heavy atom. The molecule has 0 fully saturated rings. The van der Waals surface area contributed by atoms with Crippen molar-refractivity contribution in [2.24, 2.45) is 0 Å². The van der Waals surface area contributed by atoms with Gasteiger partial charge < -0.3 is 5.32 Å². The van der Waals surface area contributed by atoms with E-state index < -0.39 is 5.82 Å². The van der Waals surface area contributed by atoms with E-state index >= 15 is 0 Å². The number of rotatable bonds is 4. The first kappa shape index (κ1) is 12.2. The number of hydrogen-bond acceptors (Lipinski definition) is 4. The van der Waals surface area contributed by atoms with Crippen molar-refractivity contribution in [3.05, 3.63) is 41.5 Å². The molecule has 18 heavy (non-hydrogen) atoms. The van der Waals surface area contributed by atoms with Gasteiger partial charge in [0.1, 0.15) is 11.9 Å². The summed E-state index contributed by atoms with van der Waals surface area (Å²) >= 11 is 0. The molecule has 92 valence electrons. The van der Waals surface area contributed by atoms with Gasteiger partial charge >= 0.3 is 0 Å². The topological polar surface area (TPSA) is 66.5 Å². The lowest BCUT2D eigenvalue weighted by molar-refractivity contribution is 0.621. The van der Waals surface area contributed by atoms with Gasteiger partial charge in [0, 0.05) is 6.54 Å². The van der Waals surface area contributed by atoms with Crippen LogP contribution in [0.25, 0.3) is 5.69 Å². The minimum absolute atomic E-state index is 0.00241. The molecule has 5 nitrogen and oxygen atoms in total. The third-order valence-corrected chi connectivity index (χ3v) is 2.49. The molecule has 1 aromatic carbocycles. The second-order valence-corrected chi connectivity index (χ2v) is 3.69. The van der Waals surface area contributed by atoms with Gasteiger partial charge in [0.25, 0.3) is 0 Å². The second-order valence-electron chi connectivity index (χ2n) is 3.69. The molecule has 2 rings (SSSR count). The number of nitrogens with zero attached hydrogens (tertiary/aromatic N) is 4. The van der Waals surface area contributed by atoms with Gasteiger partial charge in [-0.15, -0.1) is 5.10 Å². The van der Waals surface area contributed by atoms with Crippen LogP contribution in [0.4, 0.5) is 4.39 Å². The third kappa shape index (κ3) is 2.36. The first-order chi connectivity index (χ1) is 8.76. The molecule has 0 aliphatic carbocycles. The van der Waals surface area contributed by atoms with Crippen LogP contribution in [0, 0.1) is 17.1 Å². The van der Waals surface area contributed by atoms with Crippen LogP contribution >= 0.6 is 0 Å². The summed E-state index contributed by atoms with van der Waals surface area (Å²) < 4.78 is 14.8. The number of halogens is 1. The Morgan fingerprint density at radius 3 is 3.06 bits per heavy atom. The zero-order chi connectivity index (χ0) is 13.0. The van der Waals surface area contributed by atoms with E-state index in [0.717, 1.165) is 12.2 Å². The molecule has 2 aromatic rings. The number of benzene rings is 1. The van der Waals surface area contributed by atoms with Crippen LogP contribution in [0.2, 0.25) is 0 Å². The molecule has 1 heterocycles. The maximum absolute atomic E-state index is 13.2. The van der Waals surface area contributed by atoms with Gasteiger partial charge in [0.05, 0.1) is 23.1 Å². The van der Waals surface area contributed by atoms with Crippen molar-refractivity contribution in [1.82, 2.24) is 20.3 Å². The lowest BCUT2D eigenvalue weighted by atomic mass is 10.2. The Bertz CT molecular complexity index is 584. The van der Waals surface area contributed by atoms with Gasteiger partial charge in [-0.05, 0) is 24.7 Å². The third-order valence-electron chi connectivity index (χ3n) is 2.49. The number of aromatic nitrogens is 3. The van der Waals surface area contributed by atoms with Crippen LogP contribution in [-0.2, 0) is 6.54 Å². The molecule has 0 spiro atoms. The molecule has 0 radical (unpaired) electrons. The van der Waals surface area contributed by atoms with Gasteiger partial charge in [-0.25, -0.2) is 9.07 Å². The van der Waals surface area contributed by atoms with E-state index in [4.69, 9.17) is 5.26 Å². The summed E-state index contributed by atoms with van der Waals surface area (Å²) in [5.74, 6) is -0.533. The SMILES string of the molecule is CCNCc1cnnn1-c1ccc(F)c(C#N)c1. The molecule has 0 amide bonds. The van der Waals surface area contributed by atoms with Crippen molar-refractivity contribution in [2.75, 3.05) is 6.54 Å². The Kier molecular flexibility index (Phi) is 3.65. The summed E-state index contributed by atoms with van der Waals surface area (Å²) in [7, 11) is 0. The molecule has 0 aliphatic rings. The quantitative estimate of drug-likeness (QED) is 0.883. The highest BCUT2D eigenvalue weighted by molar-refractivity contribution is 5.42. The van der Waals surface area contributed by atoms with E-state index in [0.29, 0.717) is 12.2 Å². The highest BCUT2D eigenvalue weighted by atomic mass is 19.1. The van der Waals surface area contributed by atoms with E-state index in [-0.39, 0.29) is 5.56 Å². The van der Waals surface area contributed by atoms with Crippen molar-refractivity contribution in [3.63, 3.8) is 0 Å². The van der Waals surface area contributed by atoms with Gasteiger partial charge in [-0.2, -0.15) is 5.26 Å². The molecular weight excluding hydrogens is 233 g/mol. The molecule has 0 unspecified atom stereocenters. The van der Waals surface area contributed by atoms with Gasteiger partial charge in [0.2, 0.25) is 0 Å². The van der Waals surface area contributed by atoms with E-state index in [1.807, 2.05) is 13.0 Å². The summed E-state index contributed by atoms with van der Waals surface area (Å²) in [6, 6.07) is 6.09. The summed E-state index contributed by atoms with van der Waals surface area (Å²) in [5.41, 5.74) is 1.48. The van der Waals surface area contributed by atoms with Crippen LogP contribution in [0.15, 0.2) is 24.4 Å². The predicted molar refractivity (Wildman–Crippen MR) is 63.4 cm³/mol. The maximum atomic E-state index is 13.2. The average Bonchev–Trinajstić information content (AvgIpc) is 2.85. The minimum Gasteiger partial charge on any atom is -0.311 e. The Labute approximate surface area is 104 Å². The van der Waals surface area contributed by atoms with Crippen molar-refractivity contribution in [2.45, 2.75) is 13.5 Å². The molecule has 0 saturated heterocycles. The fourth-order valence-electron chi connectivity index (χ4n) is 1.58. The average molecular weight is 245 g/mol. The Morgan fingerprint density at radius 2 is 2.33 bits per heavy atom. The summed E-state index contributed by atoms with van der Waals surface area (Å²) in [6.07, 6.45) is 1.64. The zero-order valence-corrected chi connectivity index (χ0v) is 9.89. The maximum Gasteiger partial charge on any atom is 0.141 e. The fraction of sp³-hybridized carbons (Fsp3) is 0.250. The molecule has 1 N–H and O–H groups in total. The zero-order valence-electron chi connectivity index (χ0n) is 9.89. The first-order valence-electron chi connectivity index (χ1n) is 5.56. The van der Waals surface area contributed by atoms with Crippen LogP contribution in [-0.4, -0.2) is 21.5 Å². The first-order valence-corrected chi connectivity index (χ1v) is 5.56. The highest BCUT2D eigenvalue weighted by Gasteiger charge is 2.08. The monoisotopic (exact) mass is 245 g/mol. The van der Waals surface area contributed by atoms with E-state index in [1.54, 1.807) is 16.9 Å². The fourth-order valence-corrected chi connectivity index (χ4v) is 1.58. The molecule has 6 heteroatoms. The summed E-state index contributed by atoms with van der Waals surface area (Å²) in [6.45, 7) is 3.45. The lowest BCUT2D eigenvalue weighted by Gasteiger charge is -2.07. The van der Waals surface area contributed by atoms with Crippen LogP contribution in [0.5, 0.6) is 0 Å². The van der Waals surface area contributed by atoms with Crippen LogP contribution in [0.3, 0.4) is 0 Å². The van der Waals surface area contributed by atoms with E-state index in [1.165, 1.54) is 12.1 Å². The van der Waals surface area contributed by atoms with E-state index in [2.05, 4.69) is 15.6 Å². The second kappa shape index (κ2) is 5.38. The van der Waals surface area contributed by atoms with E-state index in [9.17, 15) is 4.39 Å². The summed E-state index contributed by atoms with van der Waals surface area (Å²) in [5, 5.41) is 19.7. The van der Waals surface area contributed by atoms with Crippen molar-refractivity contribution in [3.8, 4) is 11.8 Å². The molecule has 0 atom stereocenters. The Balaban J connectivity index is 2.37. The van der Waals surface area contributed by atoms with Gasteiger partial charge in [0.15, 0.2) is 0 Å². The van der Waals surface area contributed by atoms with Crippen LogP contribution < -0.4 is 5.32 Å². The molecule has 0 bridgehead atoms. The van der Waals surface area contributed by atoms with Crippen molar-refractivity contribution < 1.29 is 4.39 Å². The number of nitriles is 1. The largest absolute Gasteiger partial charge is 0.311 e. The highest BCUT2D eigenvalue weighted by Crippen LogP contribution is 2.14. The van der Waals surface area contributed by atoms with Gasteiger partial charge in [-0.1, -0.05) is 12.1 Å². The molecule has 1 aromatic heterocycles. The standard InChI is InChI=1S/C12H12FN5/c1-2-15-7-11-8-16-17-18(11)10-3-4-12(13)9(5-10)6-14/h3-5,8,15H,2,7H2,1H3. The lowest BCUT2D eigenvalue weighted by Crippen LogP contribution is -2.15. The smallest absolute Gasteiger partial charge is 0.141 e. The molecule has 0 aliphatic heterocycles. The minimum atomic E-state index is -0.533. The van der Waals surface area contributed by atoms with Crippen molar-refractivity contribution in [1.29, 1.82) is 5.26 Å². The summed E-state index contributed by atoms with van der Waals surface area (Å²) in [4.78, 5) is 0.